The lowest BCUT2D eigenvalue weighted by atomic mass is 9.83. The summed E-state index contributed by atoms with van der Waals surface area (Å²) in [6, 6.07) is 0.667. The lowest BCUT2D eigenvalue weighted by molar-refractivity contribution is 0.0627. The van der Waals surface area contributed by atoms with E-state index < -0.39 is 0 Å². The molecule has 0 bridgehead atoms. The first-order chi connectivity index (χ1) is 8.36. The van der Waals surface area contributed by atoms with Crippen molar-refractivity contribution in [2.45, 2.75) is 63.5 Å². The summed E-state index contributed by atoms with van der Waals surface area (Å²) in [4.78, 5) is 0. The van der Waals surface area contributed by atoms with Crippen LogP contribution in [0.4, 0.5) is 0 Å². The monoisotopic (exact) mass is 241 g/mol. The molecule has 1 aliphatic carbocycles. The Morgan fingerprint density at radius 2 is 1.82 bits per heavy atom. The summed E-state index contributed by atoms with van der Waals surface area (Å²) < 4.78 is 5.34. The van der Waals surface area contributed by atoms with Crippen molar-refractivity contribution in [3.8, 4) is 0 Å². The summed E-state index contributed by atoms with van der Waals surface area (Å²) >= 11 is 0. The van der Waals surface area contributed by atoms with Crippen LogP contribution >= 0.6 is 0 Å². The lowest BCUT2D eigenvalue weighted by Gasteiger charge is -2.28. The molecular weight excluding hydrogens is 214 g/mol. The van der Waals surface area contributed by atoms with E-state index in [2.05, 4.69) is 5.32 Å². The van der Waals surface area contributed by atoms with Crippen LogP contribution < -0.4 is 5.32 Å². The molecule has 1 saturated heterocycles. The molecule has 2 N–H and O–H groups in total. The van der Waals surface area contributed by atoms with Gasteiger partial charge in [-0.05, 0) is 51.0 Å². The van der Waals surface area contributed by atoms with Crippen LogP contribution in [0.25, 0.3) is 0 Å². The van der Waals surface area contributed by atoms with Gasteiger partial charge in [-0.3, -0.25) is 0 Å². The Bertz CT molecular complexity index is 204. The second-order valence-corrected chi connectivity index (χ2v) is 5.59. The Hall–Kier alpha value is -0.120. The van der Waals surface area contributed by atoms with E-state index in [1.54, 1.807) is 0 Å². The number of rotatable bonds is 5. The Kier molecular flexibility index (Phi) is 5.75. The van der Waals surface area contributed by atoms with Crippen molar-refractivity contribution < 1.29 is 9.84 Å². The second kappa shape index (κ2) is 7.34. The molecule has 3 heteroatoms. The molecule has 3 nitrogen and oxygen atoms in total. The first-order valence-electron chi connectivity index (χ1n) is 7.35. The Morgan fingerprint density at radius 1 is 1.06 bits per heavy atom. The third-order valence-corrected chi connectivity index (χ3v) is 4.27. The highest BCUT2D eigenvalue weighted by Crippen LogP contribution is 2.27. The molecule has 0 aromatic heterocycles. The zero-order valence-electron chi connectivity index (χ0n) is 10.9. The third kappa shape index (κ3) is 4.57. The molecule has 17 heavy (non-hydrogen) atoms. The van der Waals surface area contributed by atoms with E-state index in [1.165, 1.54) is 32.1 Å². The maximum atomic E-state index is 9.88. The van der Waals surface area contributed by atoms with Gasteiger partial charge in [0.1, 0.15) is 0 Å². The van der Waals surface area contributed by atoms with Gasteiger partial charge in [0, 0.05) is 19.3 Å². The van der Waals surface area contributed by atoms with Crippen LogP contribution in [-0.4, -0.2) is 37.0 Å². The minimum atomic E-state index is -0.0215. The number of nitrogens with one attached hydrogen (secondary N) is 1. The van der Waals surface area contributed by atoms with Crippen LogP contribution in [0.2, 0.25) is 0 Å². The van der Waals surface area contributed by atoms with E-state index in [-0.39, 0.29) is 6.10 Å². The van der Waals surface area contributed by atoms with Crippen molar-refractivity contribution in [2.75, 3.05) is 19.8 Å². The van der Waals surface area contributed by atoms with Gasteiger partial charge in [0.05, 0.1) is 6.10 Å². The molecule has 0 amide bonds. The Morgan fingerprint density at radius 3 is 2.59 bits per heavy atom. The van der Waals surface area contributed by atoms with Crippen molar-refractivity contribution >= 4 is 0 Å². The fraction of sp³-hybridized carbons (Fsp3) is 1.00. The van der Waals surface area contributed by atoms with Crippen LogP contribution in [0.3, 0.4) is 0 Å². The molecule has 1 aliphatic heterocycles. The first-order valence-corrected chi connectivity index (χ1v) is 7.35. The van der Waals surface area contributed by atoms with Crippen molar-refractivity contribution in [1.29, 1.82) is 0 Å². The van der Waals surface area contributed by atoms with Crippen molar-refractivity contribution in [2.24, 2.45) is 5.92 Å². The van der Waals surface area contributed by atoms with E-state index in [0.717, 1.165) is 39.0 Å². The van der Waals surface area contributed by atoms with E-state index in [1.807, 2.05) is 0 Å². The van der Waals surface area contributed by atoms with Gasteiger partial charge in [-0.1, -0.05) is 12.8 Å². The normalized spacial score (nSPS) is 31.6. The van der Waals surface area contributed by atoms with Gasteiger partial charge in [-0.2, -0.15) is 0 Å². The van der Waals surface area contributed by atoms with Gasteiger partial charge in [0.15, 0.2) is 0 Å². The molecule has 1 heterocycles. The van der Waals surface area contributed by atoms with Crippen molar-refractivity contribution in [3.05, 3.63) is 0 Å². The van der Waals surface area contributed by atoms with Crippen LogP contribution in [-0.2, 0) is 4.74 Å². The first kappa shape index (κ1) is 13.3. The summed E-state index contributed by atoms with van der Waals surface area (Å²) in [5.41, 5.74) is 0. The van der Waals surface area contributed by atoms with Gasteiger partial charge in [0.2, 0.25) is 0 Å². The van der Waals surface area contributed by atoms with E-state index in [4.69, 9.17) is 4.74 Å². The molecule has 2 aliphatic rings. The highest BCUT2D eigenvalue weighted by Gasteiger charge is 2.22. The molecule has 0 aromatic carbocycles. The van der Waals surface area contributed by atoms with E-state index in [9.17, 15) is 5.11 Å². The summed E-state index contributed by atoms with van der Waals surface area (Å²) in [5.74, 6) is 0.570. The molecule has 1 saturated carbocycles. The molecule has 2 fully saturated rings. The van der Waals surface area contributed by atoms with Crippen molar-refractivity contribution in [3.63, 3.8) is 0 Å². The van der Waals surface area contributed by atoms with Crippen LogP contribution in [0.5, 0.6) is 0 Å². The van der Waals surface area contributed by atoms with Gasteiger partial charge < -0.3 is 15.2 Å². The lowest BCUT2D eigenvalue weighted by Crippen LogP contribution is -2.35. The topological polar surface area (TPSA) is 41.5 Å². The smallest absolute Gasteiger partial charge is 0.0568 e. The Balaban J connectivity index is 1.53. The average molecular weight is 241 g/mol. The molecule has 100 valence electrons. The van der Waals surface area contributed by atoms with Crippen LogP contribution in [0.15, 0.2) is 0 Å². The summed E-state index contributed by atoms with van der Waals surface area (Å²) in [6.45, 7) is 2.94. The number of ether oxygens (including phenoxy) is 1. The quantitative estimate of drug-likeness (QED) is 0.724. The molecule has 2 atom stereocenters. The largest absolute Gasteiger partial charge is 0.393 e. The fourth-order valence-corrected chi connectivity index (χ4v) is 3.10. The minimum absolute atomic E-state index is 0.0215. The third-order valence-electron chi connectivity index (χ3n) is 4.27. The standard InChI is InChI=1S/C14H27NO2/c16-14-6-2-1-4-12(14)5-3-9-15-13-7-10-17-11-8-13/h12-16H,1-11H2. The molecule has 2 unspecified atom stereocenters. The zero-order valence-corrected chi connectivity index (χ0v) is 10.9. The molecule has 2 rings (SSSR count). The zero-order chi connectivity index (χ0) is 11.9. The van der Waals surface area contributed by atoms with E-state index >= 15 is 0 Å². The predicted octanol–water partition coefficient (Wildman–Crippen LogP) is 2.09. The summed E-state index contributed by atoms with van der Waals surface area (Å²) in [5, 5.41) is 13.5. The van der Waals surface area contributed by atoms with Gasteiger partial charge in [-0.25, -0.2) is 0 Å². The maximum Gasteiger partial charge on any atom is 0.0568 e. The number of hydrogen-bond donors (Lipinski definition) is 2. The van der Waals surface area contributed by atoms with E-state index in [0.29, 0.717) is 12.0 Å². The fourth-order valence-electron chi connectivity index (χ4n) is 3.10. The predicted molar refractivity (Wildman–Crippen MR) is 69.0 cm³/mol. The highest BCUT2D eigenvalue weighted by molar-refractivity contribution is 4.75. The van der Waals surface area contributed by atoms with Crippen LogP contribution in [0.1, 0.15) is 51.4 Å². The minimum Gasteiger partial charge on any atom is -0.393 e. The molecule has 0 spiro atoms. The van der Waals surface area contributed by atoms with Gasteiger partial charge in [0.25, 0.3) is 0 Å². The summed E-state index contributed by atoms with van der Waals surface area (Å²) in [7, 11) is 0. The molecule has 0 radical (unpaired) electrons. The molecule has 0 aromatic rings. The maximum absolute atomic E-state index is 9.88. The van der Waals surface area contributed by atoms with Crippen LogP contribution in [0, 0.1) is 5.92 Å². The second-order valence-electron chi connectivity index (χ2n) is 5.59. The Labute approximate surface area is 105 Å². The molecular formula is C14H27NO2. The number of aliphatic hydroxyl groups is 1. The van der Waals surface area contributed by atoms with Crippen molar-refractivity contribution in [1.82, 2.24) is 5.32 Å². The highest BCUT2D eigenvalue weighted by atomic mass is 16.5. The van der Waals surface area contributed by atoms with Gasteiger partial charge >= 0.3 is 0 Å². The van der Waals surface area contributed by atoms with Gasteiger partial charge in [-0.15, -0.1) is 0 Å². The number of aliphatic hydroxyl groups excluding tert-OH is 1. The summed E-state index contributed by atoms with van der Waals surface area (Å²) in [6.07, 6.45) is 9.49. The average Bonchev–Trinajstić information content (AvgIpc) is 2.38. The SMILES string of the molecule is OC1CCCCC1CCCNC1CCOCC1. The number of hydrogen-bond acceptors (Lipinski definition) is 3.